The van der Waals surface area contributed by atoms with Crippen molar-refractivity contribution in [3.8, 4) is 5.75 Å². The van der Waals surface area contributed by atoms with Crippen molar-refractivity contribution in [3.05, 3.63) is 48.7 Å². The number of nitrogens with zero attached hydrogens (tertiary/aromatic N) is 4. The van der Waals surface area contributed by atoms with Crippen molar-refractivity contribution in [2.45, 2.75) is 29.3 Å². The van der Waals surface area contributed by atoms with Crippen LogP contribution in [0.4, 0.5) is 0 Å². The first-order valence-corrected chi connectivity index (χ1v) is 11.7. The van der Waals surface area contributed by atoms with E-state index in [-0.39, 0.29) is 4.90 Å². The van der Waals surface area contributed by atoms with E-state index in [2.05, 4.69) is 10.2 Å². The Labute approximate surface area is 168 Å². The van der Waals surface area contributed by atoms with Crippen molar-refractivity contribution in [3.63, 3.8) is 0 Å². The monoisotopic (exact) mass is 418 g/mol. The van der Waals surface area contributed by atoms with E-state index in [9.17, 15) is 8.42 Å². The smallest absolute Gasteiger partial charge is 0.246 e. The van der Waals surface area contributed by atoms with E-state index in [0.717, 1.165) is 25.0 Å². The van der Waals surface area contributed by atoms with Crippen LogP contribution in [-0.2, 0) is 10.0 Å². The molecule has 0 spiro atoms. The van der Waals surface area contributed by atoms with E-state index in [1.807, 2.05) is 30.3 Å². The number of para-hydroxylation sites is 1. The minimum atomic E-state index is -3.56. The molecule has 0 atom stereocenters. The Balaban J connectivity index is 1.48. The van der Waals surface area contributed by atoms with Crippen LogP contribution in [0.3, 0.4) is 0 Å². The molecule has 0 bridgehead atoms. The molecule has 3 aromatic rings. The highest BCUT2D eigenvalue weighted by Gasteiger charge is 2.29. The zero-order valence-corrected chi connectivity index (χ0v) is 17.0. The molecule has 2 aromatic heterocycles. The molecule has 7 nitrogen and oxygen atoms in total. The Bertz CT molecular complexity index is 1030. The maximum absolute atomic E-state index is 13.0. The van der Waals surface area contributed by atoms with Crippen LogP contribution in [-0.4, -0.2) is 52.8 Å². The Kier molecular flexibility index (Phi) is 5.84. The summed E-state index contributed by atoms with van der Waals surface area (Å²) in [5.41, 5.74) is 0.375. The molecule has 0 saturated carbocycles. The second-order valence-corrected chi connectivity index (χ2v) is 9.49. The topological polar surface area (TPSA) is 76.8 Å². The molecule has 1 fully saturated rings. The highest BCUT2D eigenvalue weighted by Crippen LogP contribution is 2.26. The molecule has 0 amide bonds. The number of hydrogen-bond donors (Lipinski definition) is 0. The van der Waals surface area contributed by atoms with Crippen LogP contribution in [0.25, 0.3) is 5.65 Å². The van der Waals surface area contributed by atoms with Gasteiger partial charge in [-0.2, -0.15) is 4.31 Å². The summed E-state index contributed by atoms with van der Waals surface area (Å²) in [7, 11) is -3.56. The van der Waals surface area contributed by atoms with Gasteiger partial charge < -0.3 is 4.74 Å². The normalized spacial score (nSPS) is 15.7. The van der Waals surface area contributed by atoms with Gasteiger partial charge in [-0.1, -0.05) is 36.4 Å². The first-order valence-electron chi connectivity index (χ1n) is 9.31. The summed E-state index contributed by atoms with van der Waals surface area (Å²) in [4.78, 5) is 0.219. The quantitative estimate of drug-likeness (QED) is 0.434. The van der Waals surface area contributed by atoms with Gasteiger partial charge in [-0.15, -0.1) is 10.2 Å². The fraction of sp³-hybridized carbons (Fsp3) is 0.368. The summed E-state index contributed by atoms with van der Waals surface area (Å²) in [5.74, 6) is 1.50. The predicted molar refractivity (Wildman–Crippen MR) is 108 cm³/mol. The highest BCUT2D eigenvalue weighted by atomic mass is 32.2. The van der Waals surface area contributed by atoms with Crippen LogP contribution in [0, 0.1) is 0 Å². The van der Waals surface area contributed by atoms with Crippen molar-refractivity contribution < 1.29 is 13.2 Å². The molecule has 148 valence electrons. The lowest BCUT2D eigenvalue weighted by atomic mass is 10.2. The largest absolute Gasteiger partial charge is 0.493 e. The Morgan fingerprint density at radius 2 is 1.79 bits per heavy atom. The number of hydrogen-bond acceptors (Lipinski definition) is 6. The molecule has 1 saturated heterocycles. The van der Waals surface area contributed by atoms with Crippen molar-refractivity contribution in [2.24, 2.45) is 0 Å². The van der Waals surface area contributed by atoms with Crippen LogP contribution >= 0.6 is 11.8 Å². The van der Waals surface area contributed by atoms with Gasteiger partial charge in [-0.25, -0.2) is 8.42 Å². The summed E-state index contributed by atoms with van der Waals surface area (Å²) in [6.45, 7) is 1.65. The molecule has 28 heavy (non-hydrogen) atoms. The van der Waals surface area contributed by atoms with E-state index < -0.39 is 10.0 Å². The fourth-order valence-electron chi connectivity index (χ4n) is 3.22. The van der Waals surface area contributed by atoms with Gasteiger partial charge >= 0.3 is 0 Å². The van der Waals surface area contributed by atoms with Gasteiger partial charge in [0.15, 0.2) is 10.8 Å². The predicted octanol–water partition coefficient (Wildman–Crippen LogP) is 3.08. The number of ether oxygens (including phenoxy) is 1. The van der Waals surface area contributed by atoms with E-state index in [1.165, 1.54) is 11.8 Å². The summed E-state index contributed by atoms with van der Waals surface area (Å²) < 4.78 is 35.1. The highest BCUT2D eigenvalue weighted by molar-refractivity contribution is 7.99. The maximum Gasteiger partial charge on any atom is 0.246 e. The van der Waals surface area contributed by atoms with Crippen LogP contribution in [0.2, 0.25) is 0 Å². The van der Waals surface area contributed by atoms with E-state index in [4.69, 9.17) is 4.74 Å². The standard InChI is InChI=1S/C19H22N4O3S2/c24-28(25,22-11-5-2-6-12-22)17-10-7-13-23-18(17)20-21-19(23)27-15-14-26-16-8-3-1-4-9-16/h1,3-4,7-10,13H,2,5-6,11-12,14-15H2. The minimum absolute atomic E-state index is 0.219. The van der Waals surface area contributed by atoms with E-state index >= 15 is 0 Å². The lowest BCUT2D eigenvalue weighted by Gasteiger charge is -2.25. The van der Waals surface area contributed by atoms with Gasteiger partial charge in [-0.3, -0.25) is 4.40 Å². The first-order chi connectivity index (χ1) is 13.7. The number of sulfonamides is 1. The molecule has 0 aliphatic carbocycles. The van der Waals surface area contributed by atoms with Crippen molar-refractivity contribution >= 4 is 27.4 Å². The second-order valence-electron chi connectivity index (χ2n) is 6.52. The molecule has 0 unspecified atom stereocenters. The summed E-state index contributed by atoms with van der Waals surface area (Å²) in [6.07, 6.45) is 4.67. The number of aromatic nitrogens is 3. The van der Waals surface area contributed by atoms with Crippen LogP contribution in [0.15, 0.2) is 58.7 Å². The van der Waals surface area contributed by atoms with E-state index in [1.54, 1.807) is 27.0 Å². The zero-order chi connectivity index (χ0) is 19.4. The average molecular weight is 419 g/mol. The Morgan fingerprint density at radius 1 is 1.00 bits per heavy atom. The van der Waals surface area contributed by atoms with Crippen LogP contribution in [0.5, 0.6) is 5.75 Å². The molecule has 0 radical (unpaired) electrons. The lowest BCUT2D eigenvalue weighted by molar-refractivity contribution is 0.344. The molecule has 0 N–H and O–H groups in total. The summed E-state index contributed by atoms with van der Waals surface area (Å²) in [6, 6.07) is 13.0. The average Bonchev–Trinajstić information content (AvgIpc) is 3.16. The zero-order valence-electron chi connectivity index (χ0n) is 15.4. The molecule has 4 rings (SSSR count). The lowest BCUT2D eigenvalue weighted by Crippen LogP contribution is -2.35. The number of pyridine rings is 1. The van der Waals surface area contributed by atoms with Gasteiger partial charge in [0.25, 0.3) is 0 Å². The maximum atomic E-state index is 13.0. The number of rotatable bonds is 7. The minimum Gasteiger partial charge on any atom is -0.493 e. The van der Waals surface area contributed by atoms with Gasteiger partial charge in [-0.05, 0) is 37.1 Å². The SMILES string of the molecule is O=S(=O)(c1cccn2c(SCCOc3ccccc3)nnc12)N1CCCCC1. The van der Waals surface area contributed by atoms with Crippen LogP contribution < -0.4 is 4.74 Å². The Hall–Kier alpha value is -2.10. The summed E-state index contributed by atoms with van der Waals surface area (Å²) in [5, 5.41) is 9.01. The van der Waals surface area contributed by atoms with Crippen molar-refractivity contribution in [1.29, 1.82) is 0 Å². The third-order valence-corrected chi connectivity index (χ3v) is 7.45. The molecular formula is C19H22N4O3S2. The Morgan fingerprint density at radius 3 is 2.57 bits per heavy atom. The van der Waals surface area contributed by atoms with Crippen molar-refractivity contribution in [1.82, 2.24) is 18.9 Å². The van der Waals surface area contributed by atoms with E-state index in [0.29, 0.717) is 36.3 Å². The third kappa shape index (κ3) is 4.01. The second kappa shape index (κ2) is 8.50. The first kappa shape index (κ1) is 19.2. The fourth-order valence-corrected chi connectivity index (χ4v) is 5.60. The van der Waals surface area contributed by atoms with Crippen molar-refractivity contribution in [2.75, 3.05) is 25.4 Å². The molecule has 1 aliphatic heterocycles. The van der Waals surface area contributed by atoms with Gasteiger partial charge in [0, 0.05) is 25.0 Å². The summed E-state index contributed by atoms with van der Waals surface area (Å²) >= 11 is 1.49. The molecule has 9 heteroatoms. The molecule has 1 aromatic carbocycles. The van der Waals surface area contributed by atoms with Crippen LogP contribution in [0.1, 0.15) is 19.3 Å². The molecular weight excluding hydrogens is 396 g/mol. The van der Waals surface area contributed by atoms with Gasteiger partial charge in [0.1, 0.15) is 10.6 Å². The number of benzene rings is 1. The number of piperidine rings is 1. The molecule has 3 heterocycles. The molecule has 1 aliphatic rings. The number of fused-ring (bicyclic) bond motifs is 1. The third-order valence-electron chi connectivity index (χ3n) is 4.63. The number of thioether (sulfide) groups is 1. The van der Waals surface area contributed by atoms with Gasteiger partial charge in [0.05, 0.1) is 6.61 Å². The van der Waals surface area contributed by atoms with Gasteiger partial charge in [0.2, 0.25) is 10.0 Å².